The smallest absolute Gasteiger partial charge is 0.271 e. The summed E-state index contributed by atoms with van der Waals surface area (Å²) < 4.78 is 12.9. The number of amides is 1. The summed E-state index contributed by atoms with van der Waals surface area (Å²) in [6.45, 7) is 1.29. The van der Waals surface area contributed by atoms with Crippen LogP contribution in [0.5, 0.6) is 0 Å². The molecule has 0 aliphatic carbocycles. The molecule has 1 unspecified atom stereocenters. The van der Waals surface area contributed by atoms with Gasteiger partial charge in [0.15, 0.2) is 0 Å². The third-order valence-electron chi connectivity index (χ3n) is 3.69. The Morgan fingerprint density at radius 1 is 1.38 bits per heavy atom. The first-order valence-corrected chi connectivity index (χ1v) is 6.99. The number of rotatable bonds is 2. The molecule has 0 radical (unpaired) electrons. The van der Waals surface area contributed by atoms with Gasteiger partial charge in [0, 0.05) is 24.7 Å². The Kier molecular flexibility index (Phi) is 3.70. The highest BCUT2D eigenvalue weighted by Gasteiger charge is 2.23. The quantitative estimate of drug-likeness (QED) is 0.884. The SMILES string of the molecule is NC1CCCN(C(=O)c2cc(-c3ccc(F)cc3)n[nH]2)C1. The summed E-state index contributed by atoms with van der Waals surface area (Å²) in [5.41, 5.74) is 7.72. The van der Waals surface area contributed by atoms with Crippen molar-refractivity contribution in [3.05, 3.63) is 41.8 Å². The molecule has 2 heterocycles. The number of carbonyl (C=O) groups is 1. The van der Waals surface area contributed by atoms with Gasteiger partial charge in [-0.1, -0.05) is 0 Å². The maximum Gasteiger partial charge on any atom is 0.271 e. The third-order valence-corrected chi connectivity index (χ3v) is 3.69. The molecule has 1 aromatic carbocycles. The van der Waals surface area contributed by atoms with E-state index in [2.05, 4.69) is 10.2 Å². The highest BCUT2D eigenvalue weighted by molar-refractivity contribution is 5.93. The molecule has 6 heteroatoms. The molecule has 0 bridgehead atoms. The molecule has 5 nitrogen and oxygen atoms in total. The van der Waals surface area contributed by atoms with E-state index in [1.165, 1.54) is 12.1 Å². The highest BCUT2D eigenvalue weighted by Crippen LogP contribution is 2.19. The molecule has 1 atom stereocenters. The molecule has 1 saturated heterocycles. The van der Waals surface area contributed by atoms with Crippen molar-refractivity contribution in [3.8, 4) is 11.3 Å². The van der Waals surface area contributed by atoms with E-state index in [0.717, 1.165) is 24.9 Å². The van der Waals surface area contributed by atoms with Crippen LogP contribution in [0.2, 0.25) is 0 Å². The fourth-order valence-electron chi connectivity index (χ4n) is 2.56. The summed E-state index contributed by atoms with van der Waals surface area (Å²) in [5, 5.41) is 6.88. The average Bonchev–Trinajstić information content (AvgIpc) is 2.97. The lowest BCUT2D eigenvalue weighted by Gasteiger charge is -2.30. The number of aromatic amines is 1. The summed E-state index contributed by atoms with van der Waals surface area (Å²) >= 11 is 0. The van der Waals surface area contributed by atoms with Gasteiger partial charge in [0.25, 0.3) is 5.91 Å². The van der Waals surface area contributed by atoms with Crippen molar-refractivity contribution in [1.82, 2.24) is 15.1 Å². The topological polar surface area (TPSA) is 75.0 Å². The normalized spacial score (nSPS) is 18.8. The van der Waals surface area contributed by atoms with E-state index in [4.69, 9.17) is 5.73 Å². The number of hydrogen-bond acceptors (Lipinski definition) is 3. The third kappa shape index (κ3) is 2.95. The second kappa shape index (κ2) is 5.65. The van der Waals surface area contributed by atoms with E-state index in [1.807, 2.05) is 0 Å². The summed E-state index contributed by atoms with van der Waals surface area (Å²) in [5.74, 6) is -0.390. The van der Waals surface area contributed by atoms with Gasteiger partial charge in [-0.15, -0.1) is 0 Å². The van der Waals surface area contributed by atoms with Gasteiger partial charge < -0.3 is 10.6 Å². The van der Waals surface area contributed by atoms with Gasteiger partial charge in [-0.3, -0.25) is 9.89 Å². The van der Waals surface area contributed by atoms with E-state index in [9.17, 15) is 9.18 Å². The molecule has 1 aromatic heterocycles. The van der Waals surface area contributed by atoms with Crippen LogP contribution in [0.25, 0.3) is 11.3 Å². The van der Waals surface area contributed by atoms with Crippen molar-refractivity contribution < 1.29 is 9.18 Å². The Morgan fingerprint density at radius 3 is 2.86 bits per heavy atom. The van der Waals surface area contributed by atoms with E-state index in [1.54, 1.807) is 23.1 Å². The van der Waals surface area contributed by atoms with Gasteiger partial charge in [-0.25, -0.2) is 4.39 Å². The average molecular weight is 288 g/mol. The summed E-state index contributed by atoms with van der Waals surface area (Å²) in [6, 6.07) is 7.75. The number of carbonyl (C=O) groups excluding carboxylic acids is 1. The van der Waals surface area contributed by atoms with Crippen LogP contribution >= 0.6 is 0 Å². The van der Waals surface area contributed by atoms with Crippen LogP contribution in [-0.4, -0.2) is 40.1 Å². The molecule has 0 saturated carbocycles. The van der Waals surface area contributed by atoms with Crippen molar-refractivity contribution >= 4 is 5.91 Å². The minimum Gasteiger partial charge on any atom is -0.336 e. The van der Waals surface area contributed by atoms with E-state index in [0.29, 0.717) is 17.9 Å². The van der Waals surface area contributed by atoms with Gasteiger partial charge >= 0.3 is 0 Å². The zero-order valence-electron chi connectivity index (χ0n) is 11.6. The first-order valence-electron chi connectivity index (χ1n) is 6.99. The van der Waals surface area contributed by atoms with Crippen LogP contribution < -0.4 is 5.73 Å². The molecule has 0 spiro atoms. The fourth-order valence-corrected chi connectivity index (χ4v) is 2.56. The van der Waals surface area contributed by atoms with Gasteiger partial charge in [0.05, 0.1) is 5.69 Å². The Morgan fingerprint density at radius 2 is 2.14 bits per heavy atom. The van der Waals surface area contributed by atoms with Crippen molar-refractivity contribution in [1.29, 1.82) is 0 Å². The predicted octanol–water partition coefficient (Wildman–Crippen LogP) is 1.78. The van der Waals surface area contributed by atoms with Gasteiger partial charge in [-0.05, 0) is 43.2 Å². The van der Waals surface area contributed by atoms with Crippen molar-refractivity contribution in [2.75, 3.05) is 13.1 Å². The Balaban J connectivity index is 1.78. The van der Waals surface area contributed by atoms with E-state index >= 15 is 0 Å². The molecule has 1 aliphatic heterocycles. The van der Waals surface area contributed by atoms with Crippen LogP contribution in [0.1, 0.15) is 23.3 Å². The van der Waals surface area contributed by atoms with Gasteiger partial charge in [0.1, 0.15) is 11.5 Å². The number of aromatic nitrogens is 2. The molecule has 3 rings (SSSR count). The Bertz CT molecular complexity index is 637. The monoisotopic (exact) mass is 288 g/mol. The van der Waals surface area contributed by atoms with Crippen LogP contribution in [0.15, 0.2) is 30.3 Å². The van der Waals surface area contributed by atoms with Crippen molar-refractivity contribution in [3.63, 3.8) is 0 Å². The zero-order chi connectivity index (χ0) is 14.8. The molecule has 21 heavy (non-hydrogen) atoms. The van der Waals surface area contributed by atoms with Crippen molar-refractivity contribution in [2.24, 2.45) is 5.73 Å². The number of likely N-dealkylation sites (tertiary alicyclic amines) is 1. The molecule has 2 aromatic rings. The lowest BCUT2D eigenvalue weighted by molar-refractivity contribution is 0.0703. The zero-order valence-corrected chi connectivity index (χ0v) is 11.6. The van der Waals surface area contributed by atoms with Gasteiger partial charge in [0.2, 0.25) is 0 Å². The van der Waals surface area contributed by atoms with E-state index < -0.39 is 0 Å². The summed E-state index contributed by atoms with van der Waals surface area (Å²) in [7, 11) is 0. The number of nitrogens with one attached hydrogen (secondary N) is 1. The lowest BCUT2D eigenvalue weighted by atomic mass is 10.1. The number of halogens is 1. The maximum atomic E-state index is 12.9. The van der Waals surface area contributed by atoms with Crippen LogP contribution in [0.4, 0.5) is 4.39 Å². The fraction of sp³-hybridized carbons (Fsp3) is 0.333. The summed E-state index contributed by atoms with van der Waals surface area (Å²) in [6.07, 6.45) is 1.87. The Hall–Kier alpha value is -2.21. The lowest BCUT2D eigenvalue weighted by Crippen LogP contribution is -2.45. The molecule has 110 valence electrons. The standard InChI is InChI=1S/C15H17FN4O/c16-11-5-3-10(4-6-11)13-8-14(19-18-13)15(21)20-7-1-2-12(17)9-20/h3-6,8,12H,1-2,7,9,17H2,(H,18,19). The first-order chi connectivity index (χ1) is 10.1. The molecule has 1 fully saturated rings. The number of nitrogens with two attached hydrogens (primary N) is 1. The number of H-pyrrole nitrogens is 1. The molecule has 1 amide bonds. The number of nitrogens with zero attached hydrogens (tertiary/aromatic N) is 2. The number of benzene rings is 1. The highest BCUT2D eigenvalue weighted by atomic mass is 19.1. The van der Waals surface area contributed by atoms with Gasteiger partial charge in [-0.2, -0.15) is 5.10 Å². The first kappa shape index (κ1) is 13.8. The van der Waals surface area contributed by atoms with E-state index in [-0.39, 0.29) is 17.8 Å². The van der Waals surface area contributed by atoms with Crippen LogP contribution in [-0.2, 0) is 0 Å². The minimum absolute atomic E-state index is 0.0437. The second-order valence-corrected chi connectivity index (χ2v) is 5.33. The predicted molar refractivity (Wildman–Crippen MR) is 77.1 cm³/mol. The minimum atomic E-state index is -0.298. The summed E-state index contributed by atoms with van der Waals surface area (Å²) in [4.78, 5) is 14.1. The van der Waals surface area contributed by atoms with Crippen LogP contribution in [0, 0.1) is 5.82 Å². The Labute approximate surface area is 121 Å². The van der Waals surface area contributed by atoms with Crippen LogP contribution in [0.3, 0.4) is 0 Å². The molecule has 1 aliphatic rings. The second-order valence-electron chi connectivity index (χ2n) is 5.33. The molecular weight excluding hydrogens is 271 g/mol. The number of piperidine rings is 1. The molecular formula is C15H17FN4O. The maximum absolute atomic E-state index is 12.9. The van der Waals surface area contributed by atoms with Crippen molar-refractivity contribution in [2.45, 2.75) is 18.9 Å². The molecule has 3 N–H and O–H groups in total. The number of hydrogen-bond donors (Lipinski definition) is 2. The largest absolute Gasteiger partial charge is 0.336 e.